The van der Waals surface area contributed by atoms with Gasteiger partial charge in [-0.1, -0.05) is 6.92 Å². The van der Waals surface area contributed by atoms with Crippen molar-refractivity contribution in [3.8, 4) is 0 Å². The van der Waals surface area contributed by atoms with E-state index >= 15 is 0 Å². The average molecular weight is 293 g/mol. The zero-order chi connectivity index (χ0) is 14.9. The molecule has 1 saturated heterocycles. The summed E-state index contributed by atoms with van der Waals surface area (Å²) in [4.78, 5) is 14.5. The Kier molecular flexibility index (Phi) is 4.04. The Morgan fingerprint density at radius 2 is 2.00 bits per heavy atom. The zero-order valence-corrected chi connectivity index (χ0v) is 12.8. The molecule has 1 aromatic rings. The van der Waals surface area contributed by atoms with Gasteiger partial charge in [-0.2, -0.15) is 0 Å². The Morgan fingerprint density at radius 1 is 1.33 bits per heavy atom. The minimum atomic E-state index is -0.370. The van der Waals surface area contributed by atoms with Crippen molar-refractivity contribution in [3.05, 3.63) is 23.7 Å². The number of amides is 1. The van der Waals surface area contributed by atoms with Crippen molar-refractivity contribution in [1.29, 1.82) is 0 Å². The molecule has 5 heteroatoms. The van der Waals surface area contributed by atoms with Crippen molar-refractivity contribution < 1.29 is 18.7 Å². The summed E-state index contributed by atoms with van der Waals surface area (Å²) < 4.78 is 16.8. The first-order valence-electron chi connectivity index (χ1n) is 7.76. The van der Waals surface area contributed by atoms with Crippen LogP contribution in [0, 0.1) is 0 Å². The molecule has 3 rings (SSSR count). The van der Waals surface area contributed by atoms with Crippen LogP contribution < -0.4 is 0 Å². The van der Waals surface area contributed by atoms with Crippen LogP contribution in [0.25, 0.3) is 0 Å². The second-order valence-corrected chi connectivity index (χ2v) is 5.87. The van der Waals surface area contributed by atoms with E-state index < -0.39 is 0 Å². The number of ether oxygens (including phenoxy) is 2. The number of hydrogen-bond donors (Lipinski definition) is 0. The van der Waals surface area contributed by atoms with E-state index in [1.54, 1.807) is 12.3 Å². The molecule has 0 bridgehead atoms. The smallest absolute Gasteiger partial charge is 0.257 e. The molecular formula is C16H23NO4. The minimum Gasteiger partial charge on any atom is -0.469 e. The topological polar surface area (TPSA) is 51.9 Å². The van der Waals surface area contributed by atoms with Gasteiger partial charge in [0.05, 0.1) is 25.0 Å². The fraction of sp³-hybridized carbons (Fsp3) is 0.688. The van der Waals surface area contributed by atoms with Gasteiger partial charge in [0.2, 0.25) is 0 Å². The van der Waals surface area contributed by atoms with Crippen LogP contribution in [-0.2, 0) is 15.9 Å². The Hall–Kier alpha value is -1.33. The summed E-state index contributed by atoms with van der Waals surface area (Å²) in [5, 5.41) is 0. The van der Waals surface area contributed by atoms with Gasteiger partial charge in [0.25, 0.3) is 5.91 Å². The molecule has 0 unspecified atom stereocenters. The molecule has 21 heavy (non-hydrogen) atoms. The minimum absolute atomic E-state index is 0.0507. The molecule has 5 nitrogen and oxygen atoms in total. The number of nitrogens with zero attached hydrogens (tertiary/aromatic N) is 1. The van der Waals surface area contributed by atoms with Crippen LogP contribution in [0.2, 0.25) is 0 Å². The Bertz CT molecular complexity index is 494. The van der Waals surface area contributed by atoms with Crippen LogP contribution in [0.4, 0.5) is 0 Å². The standard InChI is InChI=1S/C16H23NO4/c1-3-14-13(6-9-19-14)15(18)17(2)12-4-7-16(8-5-12)20-10-11-21-16/h6,9,12H,3-5,7-8,10-11H2,1-2H3. The molecule has 2 heterocycles. The molecule has 1 spiro atoms. The Balaban J connectivity index is 1.63. The van der Waals surface area contributed by atoms with Gasteiger partial charge in [-0.15, -0.1) is 0 Å². The first kappa shape index (κ1) is 14.6. The maximum absolute atomic E-state index is 12.6. The highest BCUT2D eigenvalue weighted by molar-refractivity contribution is 5.95. The predicted octanol–water partition coefficient (Wildman–Crippen LogP) is 2.60. The van der Waals surface area contributed by atoms with E-state index in [9.17, 15) is 4.79 Å². The van der Waals surface area contributed by atoms with E-state index in [2.05, 4.69) is 0 Å². The molecule has 2 fully saturated rings. The highest BCUT2D eigenvalue weighted by atomic mass is 16.7. The first-order valence-corrected chi connectivity index (χ1v) is 7.76. The molecule has 1 amide bonds. The number of furan rings is 1. The summed E-state index contributed by atoms with van der Waals surface area (Å²) in [6.45, 7) is 3.37. The summed E-state index contributed by atoms with van der Waals surface area (Å²) in [6.07, 6.45) is 5.89. The molecule has 1 saturated carbocycles. The molecule has 0 N–H and O–H groups in total. The number of carbonyl (C=O) groups excluding carboxylic acids is 1. The lowest BCUT2D eigenvalue weighted by atomic mass is 9.89. The van der Waals surface area contributed by atoms with Gasteiger partial charge in [-0.3, -0.25) is 4.79 Å². The first-order chi connectivity index (χ1) is 10.2. The lowest BCUT2D eigenvalue weighted by Gasteiger charge is -2.39. The van der Waals surface area contributed by atoms with E-state index in [1.165, 1.54) is 0 Å². The number of hydrogen-bond acceptors (Lipinski definition) is 4. The Labute approximate surface area is 125 Å². The van der Waals surface area contributed by atoms with Crippen molar-refractivity contribution in [2.45, 2.75) is 50.9 Å². The van der Waals surface area contributed by atoms with E-state index in [-0.39, 0.29) is 17.7 Å². The van der Waals surface area contributed by atoms with Crippen molar-refractivity contribution in [1.82, 2.24) is 4.90 Å². The highest BCUT2D eigenvalue weighted by Crippen LogP contribution is 2.37. The second-order valence-electron chi connectivity index (χ2n) is 5.87. The normalized spacial score (nSPS) is 21.8. The van der Waals surface area contributed by atoms with E-state index in [4.69, 9.17) is 13.9 Å². The van der Waals surface area contributed by atoms with Crippen molar-refractivity contribution in [3.63, 3.8) is 0 Å². The third-order valence-electron chi connectivity index (χ3n) is 4.70. The maximum Gasteiger partial charge on any atom is 0.257 e. The average Bonchev–Trinajstić information content (AvgIpc) is 3.16. The summed E-state index contributed by atoms with van der Waals surface area (Å²) in [5.74, 6) is 0.446. The van der Waals surface area contributed by atoms with Crippen LogP contribution in [0.1, 0.15) is 48.7 Å². The van der Waals surface area contributed by atoms with Crippen molar-refractivity contribution in [2.24, 2.45) is 0 Å². The quantitative estimate of drug-likeness (QED) is 0.859. The van der Waals surface area contributed by atoms with Crippen LogP contribution in [0.15, 0.2) is 16.7 Å². The molecule has 1 aromatic heterocycles. The molecule has 0 atom stereocenters. The molecule has 0 aromatic carbocycles. The van der Waals surface area contributed by atoms with Gasteiger partial charge in [-0.25, -0.2) is 0 Å². The van der Waals surface area contributed by atoms with Crippen LogP contribution in [0.3, 0.4) is 0 Å². The summed E-state index contributed by atoms with van der Waals surface area (Å²) >= 11 is 0. The SMILES string of the molecule is CCc1occc1C(=O)N(C)C1CCC2(CC1)OCCO2. The van der Waals surface area contributed by atoms with Crippen molar-refractivity contribution >= 4 is 5.91 Å². The van der Waals surface area contributed by atoms with E-state index in [0.29, 0.717) is 18.8 Å². The van der Waals surface area contributed by atoms with Gasteiger partial charge in [0.15, 0.2) is 5.79 Å². The molecule has 116 valence electrons. The largest absolute Gasteiger partial charge is 0.469 e. The molecule has 1 aliphatic heterocycles. The molecule has 2 aliphatic rings. The third kappa shape index (κ3) is 2.72. The monoisotopic (exact) mass is 293 g/mol. The number of rotatable bonds is 3. The third-order valence-corrected chi connectivity index (χ3v) is 4.70. The van der Waals surface area contributed by atoms with Crippen LogP contribution in [-0.4, -0.2) is 42.9 Å². The molecular weight excluding hydrogens is 270 g/mol. The van der Waals surface area contributed by atoms with E-state index in [0.717, 1.165) is 37.9 Å². The fourth-order valence-electron chi connectivity index (χ4n) is 3.38. The van der Waals surface area contributed by atoms with Crippen LogP contribution >= 0.6 is 0 Å². The van der Waals surface area contributed by atoms with Gasteiger partial charge in [0, 0.05) is 32.4 Å². The molecule has 1 aliphatic carbocycles. The van der Waals surface area contributed by atoms with Crippen LogP contribution in [0.5, 0.6) is 0 Å². The lowest BCUT2D eigenvalue weighted by Crippen LogP contribution is -2.45. The summed E-state index contributed by atoms with van der Waals surface area (Å²) in [7, 11) is 1.88. The highest BCUT2D eigenvalue weighted by Gasteiger charge is 2.41. The van der Waals surface area contributed by atoms with Gasteiger partial charge >= 0.3 is 0 Å². The van der Waals surface area contributed by atoms with Gasteiger partial charge in [-0.05, 0) is 18.9 Å². The maximum atomic E-state index is 12.6. The fourth-order valence-corrected chi connectivity index (χ4v) is 3.38. The van der Waals surface area contributed by atoms with E-state index in [1.807, 2.05) is 18.9 Å². The number of carbonyl (C=O) groups is 1. The predicted molar refractivity (Wildman–Crippen MR) is 77.1 cm³/mol. The number of aryl methyl sites for hydroxylation is 1. The lowest BCUT2D eigenvalue weighted by molar-refractivity contribution is -0.182. The van der Waals surface area contributed by atoms with Gasteiger partial charge < -0.3 is 18.8 Å². The zero-order valence-electron chi connectivity index (χ0n) is 12.8. The van der Waals surface area contributed by atoms with Gasteiger partial charge in [0.1, 0.15) is 5.76 Å². The Morgan fingerprint density at radius 3 is 2.62 bits per heavy atom. The molecule has 0 radical (unpaired) electrons. The second kappa shape index (κ2) is 5.81. The summed E-state index contributed by atoms with van der Waals surface area (Å²) in [6, 6.07) is 2.01. The van der Waals surface area contributed by atoms with Crippen molar-refractivity contribution in [2.75, 3.05) is 20.3 Å². The summed E-state index contributed by atoms with van der Waals surface area (Å²) in [5.41, 5.74) is 0.689.